The Labute approximate surface area is 209 Å². The quantitative estimate of drug-likeness (QED) is 0.316. The Morgan fingerprint density at radius 1 is 1.06 bits per heavy atom. The first-order valence-corrected chi connectivity index (χ1v) is 12.1. The molecule has 3 N–H and O–H groups in total. The summed E-state index contributed by atoms with van der Waals surface area (Å²) < 4.78 is 0. The number of anilines is 1. The third-order valence-corrected chi connectivity index (χ3v) is 6.33. The normalized spacial score (nSPS) is 11.5. The van der Waals surface area contributed by atoms with Crippen molar-refractivity contribution in [3.8, 4) is 33.9 Å². The average molecular weight is 496 g/mol. The average Bonchev–Trinajstić information content (AvgIpc) is 3.62. The highest BCUT2D eigenvalue weighted by molar-refractivity contribution is 7.08. The smallest absolute Gasteiger partial charge is 0.238 e. The lowest BCUT2D eigenvalue weighted by Crippen LogP contribution is -2.27. The minimum Gasteiger partial charge on any atom is -0.336 e. The highest BCUT2D eigenvalue weighted by Gasteiger charge is 2.17. The minimum atomic E-state index is -0.106. The molecular formula is C25H21N9OS. The number of aromatic amines is 2. The largest absolute Gasteiger partial charge is 0.336 e. The van der Waals surface area contributed by atoms with Crippen molar-refractivity contribution in [3.63, 3.8) is 0 Å². The fraction of sp³-hybridized carbons (Fsp3) is 0.120. The molecule has 0 aliphatic rings. The molecule has 36 heavy (non-hydrogen) atoms. The van der Waals surface area contributed by atoms with Gasteiger partial charge < -0.3 is 15.2 Å². The number of rotatable bonds is 6. The number of imidazole rings is 1. The van der Waals surface area contributed by atoms with Gasteiger partial charge in [0.05, 0.1) is 35.0 Å². The first-order valence-electron chi connectivity index (χ1n) is 11.2. The van der Waals surface area contributed by atoms with Crippen molar-refractivity contribution in [1.82, 2.24) is 40.0 Å². The molecule has 0 aromatic carbocycles. The van der Waals surface area contributed by atoms with Crippen LogP contribution in [-0.4, -0.2) is 66.6 Å². The van der Waals surface area contributed by atoms with E-state index in [1.54, 1.807) is 36.1 Å². The Morgan fingerprint density at radius 2 is 1.94 bits per heavy atom. The van der Waals surface area contributed by atoms with E-state index in [0.717, 1.165) is 38.8 Å². The molecule has 0 aliphatic heterocycles. The van der Waals surface area contributed by atoms with Gasteiger partial charge in [-0.3, -0.25) is 19.9 Å². The Hall–Kier alpha value is -4.48. The molecule has 0 atom stereocenters. The number of thiophene rings is 1. The molecule has 11 heteroatoms. The van der Waals surface area contributed by atoms with Gasteiger partial charge in [-0.1, -0.05) is 0 Å². The maximum Gasteiger partial charge on any atom is 0.238 e. The lowest BCUT2D eigenvalue weighted by Gasteiger charge is -2.10. The molecule has 0 aliphatic carbocycles. The zero-order chi connectivity index (χ0) is 24.6. The molecule has 10 nitrogen and oxygen atoms in total. The number of carbonyl (C=O) groups excluding carboxylic acids is 1. The predicted octanol–water partition coefficient (Wildman–Crippen LogP) is 4.19. The topological polar surface area (TPSA) is 128 Å². The van der Waals surface area contributed by atoms with E-state index in [-0.39, 0.29) is 12.5 Å². The second-order valence-corrected chi connectivity index (χ2v) is 9.37. The van der Waals surface area contributed by atoms with E-state index < -0.39 is 0 Å². The summed E-state index contributed by atoms with van der Waals surface area (Å²) in [6.07, 6.45) is 6.89. The molecule has 0 saturated heterocycles. The second kappa shape index (κ2) is 8.95. The molecule has 0 spiro atoms. The van der Waals surface area contributed by atoms with Crippen molar-refractivity contribution in [2.24, 2.45) is 0 Å². The van der Waals surface area contributed by atoms with Crippen LogP contribution < -0.4 is 5.32 Å². The first-order chi connectivity index (χ1) is 17.5. The zero-order valence-electron chi connectivity index (χ0n) is 19.5. The number of carbonyl (C=O) groups is 1. The van der Waals surface area contributed by atoms with Crippen molar-refractivity contribution < 1.29 is 4.79 Å². The fourth-order valence-electron chi connectivity index (χ4n) is 4.05. The number of likely N-dealkylation sites (N-methyl/N-ethyl adjacent to an activating group) is 1. The van der Waals surface area contributed by atoms with Crippen LogP contribution in [0.1, 0.15) is 0 Å². The fourth-order valence-corrected chi connectivity index (χ4v) is 4.69. The van der Waals surface area contributed by atoms with Crippen LogP contribution in [0.15, 0.2) is 59.8 Å². The number of H-pyrrole nitrogens is 2. The maximum absolute atomic E-state index is 12.2. The molecule has 0 bridgehead atoms. The van der Waals surface area contributed by atoms with Crippen molar-refractivity contribution >= 4 is 45.0 Å². The number of nitrogens with zero attached hydrogens (tertiary/aromatic N) is 6. The lowest BCUT2D eigenvalue weighted by atomic mass is 10.1. The van der Waals surface area contributed by atoms with Gasteiger partial charge in [0.15, 0.2) is 11.5 Å². The number of pyridine rings is 3. The van der Waals surface area contributed by atoms with Gasteiger partial charge in [-0.05, 0) is 43.7 Å². The van der Waals surface area contributed by atoms with Crippen molar-refractivity contribution in [2.45, 2.75) is 0 Å². The highest BCUT2D eigenvalue weighted by atomic mass is 32.1. The van der Waals surface area contributed by atoms with E-state index in [9.17, 15) is 4.79 Å². The van der Waals surface area contributed by atoms with Crippen LogP contribution >= 0.6 is 11.3 Å². The molecule has 6 heterocycles. The molecule has 6 rings (SSSR count). The third kappa shape index (κ3) is 4.10. The van der Waals surface area contributed by atoms with Crippen LogP contribution in [0, 0.1) is 0 Å². The molecule has 0 unspecified atom stereocenters. The van der Waals surface area contributed by atoms with E-state index in [1.807, 2.05) is 48.6 Å². The van der Waals surface area contributed by atoms with Crippen LogP contribution in [0.2, 0.25) is 0 Å². The number of amides is 1. The third-order valence-electron chi connectivity index (χ3n) is 5.65. The van der Waals surface area contributed by atoms with Crippen molar-refractivity contribution in [2.75, 3.05) is 26.0 Å². The van der Waals surface area contributed by atoms with Crippen LogP contribution in [0.5, 0.6) is 0 Å². The van der Waals surface area contributed by atoms with E-state index in [1.165, 1.54) is 0 Å². The monoisotopic (exact) mass is 495 g/mol. The van der Waals surface area contributed by atoms with E-state index >= 15 is 0 Å². The molecule has 6 aromatic heterocycles. The van der Waals surface area contributed by atoms with E-state index in [4.69, 9.17) is 4.98 Å². The Kier molecular flexibility index (Phi) is 5.47. The van der Waals surface area contributed by atoms with Crippen molar-refractivity contribution in [3.05, 3.63) is 59.8 Å². The summed E-state index contributed by atoms with van der Waals surface area (Å²) in [7, 11) is 3.69. The number of aromatic nitrogens is 7. The number of hydrogen-bond donors (Lipinski definition) is 3. The van der Waals surface area contributed by atoms with Gasteiger partial charge in [0.1, 0.15) is 11.2 Å². The molecule has 0 radical (unpaired) electrons. The SMILES string of the molecule is CN(C)CC(=O)Nc1cncc(-c2cnc3[nH]nc(-c4nc5c(-c6ccsc6)nccc5[nH]4)c3c2)c1. The second-order valence-electron chi connectivity index (χ2n) is 8.59. The Morgan fingerprint density at radius 3 is 2.78 bits per heavy atom. The molecule has 0 fully saturated rings. The summed E-state index contributed by atoms with van der Waals surface area (Å²) in [6, 6.07) is 7.81. The van der Waals surface area contributed by atoms with Gasteiger partial charge in [0.2, 0.25) is 5.91 Å². The van der Waals surface area contributed by atoms with E-state index in [0.29, 0.717) is 22.9 Å². The Bertz CT molecular complexity index is 1700. The lowest BCUT2D eigenvalue weighted by molar-refractivity contribution is -0.116. The molecular weight excluding hydrogens is 474 g/mol. The summed E-state index contributed by atoms with van der Waals surface area (Å²) in [5.41, 5.74) is 7.13. The summed E-state index contributed by atoms with van der Waals surface area (Å²) in [6.45, 7) is 0.289. The van der Waals surface area contributed by atoms with Crippen LogP contribution in [0.4, 0.5) is 5.69 Å². The predicted molar refractivity (Wildman–Crippen MR) is 140 cm³/mol. The van der Waals surface area contributed by atoms with Gasteiger partial charge in [-0.2, -0.15) is 16.4 Å². The van der Waals surface area contributed by atoms with E-state index in [2.05, 4.69) is 40.8 Å². The van der Waals surface area contributed by atoms with Gasteiger partial charge in [-0.15, -0.1) is 0 Å². The number of fused-ring (bicyclic) bond motifs is 2. The molecule has 1 amide bonds. The number of hydrogen-bond acceptors (Lipinski definition) is 8. The number of nitrogens with one attached hydrogen (secondary N) is 3. The van der Waals surface area contributed by atoms with Crippen LogP contribution in [-0.2, 0) is 4.79 Å². The van der Waals surface area contributed by atoms with Crippen LogP contribution in [0.3, 0.4) is 0 Å². The van der Waals surface area contributed by atoms with Gasteiger partial charge in [-0.25, -0.2) is 9.97 Å². The summed E-state index contributed by atoms with van der Waals surface area (Å²) in [4.78, 5) is 35.6. The Balaban J connectivity index is 1.38. The first kappa shape index (κ1) is 22.0. The van der Waals surface area contributed by atoms with Crippen LogP contribution in [0.25, 0.3) is 56.0 Å². The molecule has 178 valence electrons. The summed E-state index contributed by atoms with van der Waals surface area (Å²) in [5.74, 6) is 0.522. The van der Waals surface area contributed by atoms with Gasteiger partial charge >= 0.3 is 0 Å². The highest BCUT2D eigenvalue weighted by Crippen LogP contribution is 2.32. The minimum absolute atomic E-state index is 0.106. The molecule has 0 saturated carbocycles. The van der Waals surface area contributed by atoms with Crippen molar-refractivity contribution in [1.29, 1.82) is 0 Å². The maximum atomic E-state index is 12.2. The van der Waals surface area contributed by atoms with Gasteiger partial charge in [0.25, 0.3) is 0 Å². The summed E-state index contributed by atoms with van der Waals surface area (Å²) in [5, 5.41) is 15.3. The molecule has 6 aromatic rings. The van der Waals surface area contributed by atoms with Gasteiger partial charge in [0, 0.05) is 40.7 Å². The standard InChI is InChI=1S/C25H21N9OS/c1-34(2)12-20(35)29-17-7-15(9-26-11-17)16-8-18-22(32-33-24(18)28-10-16)25-30-19-3-5-27-21(23(19)31-25)14-4-6-36-13-14/h3-11,13H,12H2,1-2H3,(H,29,35)(H,30,31)(H,28,32,33). The summed E-state index contributed by atoms with van der Waals surface area (Å²) >= 11 is 1.62. The zero-order valence-corrected chi connectivity index (χ0v) is 20.3.